The van der Waals surface area contributed by atoms with Crippen LogP contribution in [0.1, 0.15) is 61.0 Å². The fraction of sp³-hybridized carbons (Fsp3) is 0.588. The molecule has 5 nitrogen and oxygen atoms in total. The van der Waals surface area contributed by atoms with Gasteiger partial charge < -0.3 is 5.11 Å². The lowest BCUT2D eigenvalue weighted by molar-refractivity contribution is -0.0436. The first-order chi connectivity index (χ1) is 10.6. The number of carboxylic acid groups (broad SMARTS) is 1. The lowest BCUT2D eigenvalue weighted by atomic mass is 9.93. The number of hydrogen-bond donors (Lipinski definition) is 1. The van der Waals surface area contributed by atoms with Gasteiger partial charge in [0.05, 0.1) is 25.5 Å². The molecule has 0 saturated carbocycles. The van der Waals surface area contributed by atoms with Crippen LogP contribution in [0.2, 0.25) is 0 Å². The molecule has 1 aromatic carbocycles. The SMILES string of the molecule is CCCCCCc1c(C(=O)O)ccc(N(OC)OC)c1CC. The smallest absolute Gasteiger partial charge is 0.335 e. The van der Waals surface area contributed by atoms with Gasteiger partial charge >= 0.3 is 5.97 Å². The van der Waals surface area contributed by atoms with E-state index in [0.717, 1.165) is 48.9 Å². The van der Waals surface area contributed by atoms with Crippen molar-refractivity contribution in [2.45, 2.75) is 52.4 Å². The van der Waals surface area contributed by atoms with Crippen LogP contribution in [0, 0.1) is 0 Å². The average molecular weight is 309 g/mol. The van der Waals surface area contributed by atoms with E-state index in [1.165, 1.54) is 25.9 Å². The maximum atomic E-state index is 11.5. The van der Waals surface area contributed by atoms with E-state index < -0.39 is 5.97 Å². The Balaban J connectivity index is 3.20. The van der Waals surface area contributed by atoms with Crippen molar-refractivity contribution in [2.24, 2.45) is 0 Å². The van der Waals surface area contributed by atoms with Crippen LogP contribution >= 0.6 is 0 Å². The summed E-state index contributed by atoms with van der Waals surface area (Å²) in [4.78, 5) is 21.9. The van der Waals surface area contributed by atoms with Crippen molar-refractivity contribution in [3.63, 3.8) is 0 Å². The van der Waals surface area contributed by atoms with Gasteiger partial charge in [-0.1, -0.05) is 33.1 Å². The van der Waals surface area contributed by atoms with Gasteiger partial charge in [-0.25, -0.2) is 4.79 Å². The summed E-state index contributed by atoms with van der Waals surface area (Å²) in [6, 6.07) is 3.38. The molecule has 0 spiro atoms. The number of anilines is 1. The molecule has 5 heteroatoms. The van der Waals surface area contributed by atoms with Crippen LogP contribution < -0.4 is 5.23 Å². The van der Waals surface area contributed by atoms with Crippen LogP contribution in [0.15, 0.2) is 12.1 Å². The molecule has 1 N–H and O–H groups in total. The number of carbonyl (C=O) groups is 1. The summed E-state index contributed by atoms with van der Waals surface area (Å²) >= 11 is 0. The number of carboxylic acids is 1. The first kappa shape index (κ1) is 18.5. The molecule has 0 fully saturated rings. The van der Waals surface area contributed by atoms with Gasteiger partial charge in [0.25, 0.3) is 0 Å². The largest absolute Gasteiger partial charge is 0.478 e. The highest BCUT2D eigenvalue weighted by Crippen LogP contribution is 2.29. The molecule has 1 aromatic rings. The molecule has 0 unspecified atom stereocenters. The van der Waals surface area contributed by atoms with Crippen molar-refractivity contribution in [1.82, 2.24) is 0 Å². The number of benzene rings is 1. The number of hydrogen-bond acceptors (Lipinski definition) is 4. The van der Waals surface area contributed by atoms with Crippen molar-refractivity contribution in [3.05, 3.63) is 28.8 Å². The van der Waals surface area contributed by atoms with Gasteiger partial charge in [-0.05, 0) is 42.5 Å². The highest BCUT2D eigenvalue weighted by molar-refractivity contribution is 5.90. The third kappa shape index (κ3) is 4.45. The number of rotatable bonds is 10. The molecular weight excluding hydrogens is 282 g/mol. The third-order valence-corrected chi connectivity index (χ3v) is 3.80. The van der Waals surface area contributed by atoms with Crippen LogP contribution in [0.25, 0.3) is 0 Å². The van der Waals surface area contributed by atoms with Gasteiger partial charge in [-0.15, -0.1) is 5.23 Å². The molecule has 0 aliphatic rings. The Hall–Kier alpha value is -1.59. The topological polar surface area (TPSA) is 59.0 Å². The average Bonchev–Trinajstić information content (AvgIpc) is 2.52. The Morgan fingerprint density at radius 2 is 1.77 bits per heavy atom. The normalized spacial score (nSPS) is 10.7. The van der Waals surface area contributed by atoms with Crippen molar-refractivity contribution < 1.29 is 19.6 Å². The zero-order chi connectivity index (χ0) is 16.5. The molecule has 0 heterocycles. The first-order valence-corrected chi connectivity index (χ1v) is 7.86. The number of unbranched alkanes of at least 4 members (excludes halogenated alkanes) is 3. The maximum absolute atomic E-state index is 11.5. The van der Waals surface area contributed by atoms with Gasteiger partial charge in [-0.2, -0.15) is 0 Å². The lowest BCUT2D eigenvalue weighted by Crippen LogP contribution is -2.22. The predicted octanol–water partition coefficient (Wildman–Crippen LogP) is 4.00. The Morgan fingerprint density at radius 3 is 2.27 bits per heavy atom. The van der Waals surface area contributed by atoms with E-state index in [4.69, 9.17) is 9.68 Å². The second kappa shape index (κ2) is 9.43. The van der Waals surface area contributed by atoms with Crippen LogP contribution in [-0.4, -0.2) is 25.3 Å². The molecular formula is C17H27NO4. The Kier molecular flexibility index (Phi) is 7.91. The van der Waals surface area contributed by atoms with E-state index in [-0.39, 0.29) is 0 Å². The quantitative estimate of drug-likeness (QED) is 0.523. The summed E-state index contributed by atoms with van der Waals surface area (Å²) in [5.74, 6) is -0.881. The molecule has 0 atom stereocenters. The zero-order valence-electron chi connectivity index (χ0n) is 14.0. The molecule has 0 bridgehead atoms. The molecule has 0 aromatic heterocycles. The Morgan fingerprint density at radius 1 is 1.09 bits per heavy atom. The Bertz CT molecular complexity index is 484. The lowest BCUT2D eigenvalue weighted by Gasteiger charge is -2.23. The molecule has 0 saturated heterocycles. The molecule has 22 heavy (non-hydrogen) atoms. The highest BCUT2D eigenvalue weighted by atomic mass is 16.9. The fourth-order valence-electron chi connectivity index (χ4n) is 2.73. The summed E-state index contributed by atoms with van der Waals surface area (Å²) in [6.45, 7) is 4.18. The minimum Gasteiger partial charge on any atom is -0.478 e. The molecule has 1 rings (SSSR count). The van der Waals surface area contributed by atoms with E-state index >= 15 is 0 Å². The van der Waals surface area contributed by atoms with Gasteiger partial charge in [-0.3, -0.25) is 9.68 Å². The monoisotopic (exact) mass is 309 g/mol. The van der Waals surface area contributed by atoms with E-state index in [1.807, 2.05) is 6.92 Å². The van der Waals surface area contributed by atoms with E-state index in [0.29, 0.717) is 5.56 Å². The molecule has 0 radical (unpaired) electrons. The van der Waals surface area contributed by atoms with Crippen LogP contribution in [0.4, 0.5) is 5.69 Å². The number of nitrogens with zero attached hydrogens (tertiary/aromatic N) is 1. The Labute approximate surface area is 132 Å². The summed E-state index contributed by atoms with van der Waals surface area (Å²) in [5.41, 5.74) is 3.01. The van der Waals surface area contributed by atoms with Crippen LogP contribution in [-0.2, 0) is 22.5 Å². The standard InChI is InChI=1S/C17H27NO4/c1-5-7-8-9-10-14-13(6-2)16(18(21-3)22-4)12-11-15(14)17(19)20/h11-12H,5-10H2,1-4H3,(H,19,20). The van der Waals surface area contributed by atoms with Crippen molar-refractivity contribution in [2.75, 3.05) is 19.4 Å². The molecule has 0 aliphatic heterocycles. The van der Waals surface area contributed by atoms with Crippen molar-refractivity contribution in [1.29, 1.82) is 0 Å². The van der Waals surface area contributed by atoms with Crippen molar-refractivity contribution in [3.8, 4) is 0 Å². The third-order valence-electron chi connectivity index (χ3n) is 3.80. The van der Waals surface area contributed by atoms with Gasteiger partial charge in [0.1, 0.15) is 0 Å². The predicted molar refractivity (Wildman–Crippen MR) is 87.1 cm³/mol. The minimum atomic E-state index is -0.881. The summed E-state index contributed by atoms with van der Waals surface area (Å²) in [7, 11) is 3.05. The van der Waals surface area contributed by atoms with Gasteiger partial charge in [0, 0.05) is 0 Å². The van der Waals surface area contributed by atoms with Gasteiger partial charge in [0.15, 0.2) is 0 Å². The fourth-order valence-corrected chi connectivity index (χ4v) is 2.73. The second-order valence-corrected chi connectivity index (χ2v) is 5.18. The molecule has 0 amide bonds. The maximum Gasteiger partial charge on any atom is 0.335 e. The zero-order valence-corrected chi connectivity index (χ0v) is 14.0. The highest BCUT2D eigenvalue weighted by Gasteiger charge is 2.19. The summed E-state index contributed by atoms with van der Waals surface area (Å²) < 4.78 is 0. The minimum absolute atomic E-state index is 0.379. The second-order valence-electron chi connectivity index (χ2n) is 5.18. The van der Waals surface area contributed by atoms with Crippen molar-refractivity contribution >= 4 is 11.7 Å². The van der Waals surface area contributed by atoms with Crippen LogP contribution in [0.3, 0.4) is 0 Å². The van der Waals surface area contributed by atoms with E-state index in [9.17, 15) is 9.90 Å². The van der Waals surface area contributed by atoms with Gasteiger partial charge in [0.2, 0.25) is 0 Å². The van der Waals surface area contributed by atoms with E-state index in [2.05, 4.69) is 6.92 Å². The summed E-state index contributed by atoms with van der Waals surface area (Å²) in [5, 5.41) is 10.8. The van der Waals surface area contributed by atoms with Crippen LogP contribution in [0.5, 0.6) is 0 Å². The summed E-state index contributed by atoms with van der Waals surface area (Å²) in [6.07, 6.45) is 5.92. The number of aromatic carboxylic acids is 1. The molecule has 0 aliphatic carbocycles. The van der Waals surface area contributed by atoms with E-state index in [1.54, 1.807) is 12.1 Å². The molecule has 124 valence electrons. The first-order valence-electron chi connectivity index (χ1n) is 7.86.